The number of hydrogen-bond acceptors (Lipinski definition) is 7. The highest BCUT2D eigenvalue weighted by molar-refractivity contribution is 7.33. The number of aryl methyl sites for hydroxylation is 1. The Bertz CT molecular complexity index is 2070. The number of anilines is 1. The largest absolute Gasteiger partial charge is 0.391 e. The number of fused-ring (bicyclic) bond motifs is 8. The number of rotatable bonds is 2. The van der Waals surface area contributed by atoms with Crippen LogP contribution in [0.3, 0.4) is 0 Å². The molecule has 1 aromatic carbocycles. The normalized spacial score (nSPS) is 16.0. The molecule has 7 aromatic rings. The third kappa shape index (κ3) is 3.22. The predicted molar refractivity (Wildman–Crippen MR) is 193 cm³/mol. The predicted octanol–water partition coefficient (Wildman–Crippen LogP) is 12.8. The van der Waals surface area contributed by atoms with Crippen molar-refractivity contribution in [2.24, 2.45) is 0 Å². The van der Waals surface area contributed by atoms with Crippen LogP contribution in [0.25, 0.3) is 59.2 Å². The van der Waals surface area contributed by atoms with Crippen molar-refractivity contribution in [3.63, 3.8) is 0 Å². The third-order valence-electron chi connectivity index (χ3n) is 9.56. The lowest BCUT2D eigenvalue weighted by molar-refractivity contribution is 0.646. The van der Waals surface area contributed by atoms with Crippen LogP contribution >= 0.6 is 68.0 Å². The standard InChI is InChI=1S/C35H29NS6/c1-14-8-19-22(37-14)11-23(38-19)20-9-17-32(41-20)28-15(2)31-29(16(3)30(28)34(17,4)5)33-18(35(31,6)7)10-21(42-33)24-12-25-26(39-24)13-27(36)40-25/h8-13H,36H2,1-7H3. The molecule has 0 atom stereocenters. The average molecular weight is 656 g/mol. The molecule has 42 heavy (non-hydrogen) atoms. The molecule has 0 saturated carbocycles. The van der Waals surface area contributed by atoms with E-state index in [-0.39, 0.29) is 10.8 Å². The van der Waals surface area contributed by atoms with Gasteiger partial charge >= 0.3 is 0 Å². The summed E-state index contributed by atoms with van der Waals surface area (Å²) in [5.41, 5.74) is 18.1. The van der Waals surface area contributed by atoms with Gasteiger partial charge in [-0.25, -0.2) is 0 Å². The molecule has 1 nitrogen and oxygen atoms in total. The van der Waals surface area contributed by atoms with Crippen LogP contribution in [0.4, 0.5) is 5.00 Å². The van der Waals surface area contributed by atoms with Crippen LogP contribution in [0.15, 0.2) is 36.4 Å². The van der Waals surface area contributed by atoms with E-state index >= 15 is 0 Å². The summed E-state index contributed by atoms with van der Waals surface area (Å²) >= 11 is 11.4. The Morgan fingerprint density at radius 2 is 0.929 bits per heavy atom. The van der Waals surface area contributed by atoms with Gasteiger partial charge in [-0.2, -0.15) is 0 Å². The molecule has 6 heterocycles. The molecule has 7 heteroatoms. The summed E-state index contributed by atoms with van der Waals surface area (Å²) in [6.07, 6.45) is 0. The fourth-order valence-corrected chi connectivity index (χ4v) is 15.3. The van der Waals surface area contributed by atoms with E-state index in [1.807, 2.05) is 56.7 Å². The summed E-state index contributed by atoms with van der Waals surface area (Å²) < 4.78 is 5.44. The fourth-order valence-electron chi connectivity index (χ4n) is 7.78. The first kappa shape index (κ1) is 26.2. The summed E-state index contributed by atoms with van der Waals surface area (Å²) in [4.78, 5) is 9.95. The van der Waals surface area contributed by atoms with Gasteiger partial charge in [0.25, 0.3) is 0 Å². The first-order chi connectivity index (χ1) is 19.9. The van der Waals surface area contributed by atoms with Gasteiger partial charge in [0.15, 0.2) is 0 Å². The van der Waals surface area contributed by atoms with Crippen molar-refractivity contribution in [2.45, 2.75) is 59.3 Å². The Hall–Kier alpha value is -2.26. The molecule has 2 aliphatic rings. The van der Waals surface area contributed by atoms with Crippen molar-refractivity contribution in [1.29, 1.82) is 0 Å². The Morgan fingerprint density at radius 1 is 0.500 bits per heavy atom. The molecule has 0 aliphatic heterocycles. The maximum absolute atomic E-state index is 6.08. The minimum absolute atomic E-state index is 0.0282. The van der Waals surface area contributed by atoms with Crippen LogP contribution in [0.5, 0.6) is 0 Å². The Balaban J connectivity index is 1.23. The lowest BCUT2D eigenvalue weighted by Crippen LogP contribution is -2.20. The summed E-state index contributed by atoms with van der Waals surface area (Å²) in [5, 5.41) is 0.903. The zero-order valence-electron chi connectivity index (χ0n) is 24.5. The highest BCUT2D eigenvalue weighted by Gasteiger charge is 2.47. The van der Waals surface area contributed by atoms with Gasteiger partial charge < -0.3 is 5.73 Å². The SMILES string of the molecule is Cc1cc2sc(-c3cc4c(s3)-c3c(C)c5c(c(C)c3C4(C)C)-c3sc(-c4cc6sc(N)cc6s4)cc3C5(C)C)cc2s1. The Kier molecular flexibility index (Phi) is 5.15. The molecule has 0 radical (unpaired) electrons. The van der Waals surface area contributed by atoms with Gasteiger partial charge in [0.2, 0.25) is 0 Å². The molecule has 0 fully saturated rings. The minimum atomic E-state index is -0.0364. The zero-order chi connectivity index (χ0) is 29.0. The topological polar surface area (TPSA) is 26.0 Å². The van der Waals surface area contributed by atoms with Crippen LogP contribution in [0.2, 0.25) is 0 Å². The molecule has 9 rings (SSSR count). The number of nitrogen functional groups attached to an aromatic ring is 1. The molecule has 0 bridgehead atoms. The maximum Gasteiger partial charge on any atom is 0.0877 e. The molecule has 0 unspecified atom stereocenters. The number of benzene rings is 1. The highest BCUT2D eigenvalue weighted by Crippen LogP contribution is 2.64. The monoisotopic (exact) mass is 655 g/mol. The average Bonchev–Trinajstić information content (AvgIpc) is 3.71. The summed E-state index contributed by atoms with van der Waals surface area (Å²) in [7, 11) is 0. The number of hydrogen-bond donors (Lipinski definition) is 1. The molecule has 2 N–H and O–H groups in total. The second-order valence-electron chi connectivity index (χ2n) is 12.9. The second-order valence-corrected chi connectivity index (χ2v) is 19.6. The van der Waals surface area contributed by atoms with E-state index < -0.39 is 0 Å². The quantitative estimate of drug-likeness (QED) is 0.197. The van der Waals surface area contributed by atoms with E-state index in [4.69, 9.17) is 5.73 Å². The third-order valence-corrected chi connectivity index (χ3v) is 16.6. The smallest absolute Gasteiger partial charge is 0.0877 e. The van der Waals surface area contributed by atoms with Gasteiger partial charge in [0.05, 0.1) is 5.00 Å². The first-order valence-electron chi connectivity index (χ1n) is 14.2. The van der Waals surface area contributed by atoms with Crippen LogP contribution in [-0.2, 0) is 10.8 Å². The minimum Gasteiger partial charge on any atom is -0.391 e. The van der Waals surface area contributed by atoms with Gasteiger partial charge in [0.1, 0.15) is 0 Å². The van der Waals surface area contributed by atoms with Crippen LogP contribution in [0, 0.1) is 20.8 Å². The molecule has 2 aliphatic carbocycles. The molecular formula is C35H29NS6. The van der Waals surface area contributed by atoms with Crippen LogP contribution < -0.4 is 5.73 Å². The van der Waals surface area contributed by atoms with Crippen molar-refractivity contribution < 1.29 is 0 Å². The Morgan fingerprint density at radius 3 is 1.40 bits per heavy atom. The molecule has 0 saturated heterocycles. The van der Waals surface area contributed by atoms with Gasteiger partial charge in [-0.05, 0) is 102 Å². The molecular weight excluding hydrogens is 627 g/mol. The fraction of sp³-hybridized carbons (Fsp3) is 0.257. The highest BCUT2D eigenvalue weighted by atomic mass is 32.1. The van der Waals surface area contributed by atoms with Crippen molar-refractivity contribution in [3.8, 4) is 40.4 Å². The van der Waals surface area contributed by atoms with E-state index in [0.717, 1.165) is 5.00 Å². The van der Waals surface area contributed by atoms with Gasteiger partial charge in [0, 0.05) is 63.8 Å². The van der Waals surface area contributed by atoms with Gasteiger partial charge in [-0.1, -0.05) is 27.7 Å². The molecule has 0 spiro atoms. The Labute approximate surface area is 269 Å². The van der Waals surface area contributed by atoms with Crippen LogP contribution in [-0.4, -0.2) is 0 Å². The van der Waals surface area contributed by atoms with Crippen molar-refractivity contribution in [2.75, 3.05) is 5.73 Å². The van der Waals surface area contributed by atoms with Crippen molar-refractivity contribution in [1.82, 2.24) is 0 Å². The number of nitrogens with two attached hydrogens (primary N) is 1. The van der Waals surface area contributed by atoms with E-state index in [0.29, 0.717) is 0 Å². The first-order valence-corrected chi connectivity index (χ1v) is 19.1. The number of thiophene rings is 6. The zero-order valence-corrected chi connectivity index (χ0v) is 29.4. The van der Waals surface area contributed by atoms with E-state index in [9.17, 15) is 0 Å². The molecule has 210 valence electrons. The summed E-state index contributed by atoms with van der Waals surface area (Å²) in [5.74, 6) is 0. The second kappa shape index (κ2) is 8.26. The van der Waals surface area contributed by atoms with E-state index in [2.05, 4.69) is 84.9 Å². The molecule has 0 amide bonds. The van der Waals surface area contributed by atoms with Crippen molar-refractivity contribution in [3.05, 3.63) is 74.7 Å². The maximum atomic E-state index is 6.08. The van der Waals surface area contributed by atoms with Gasteiger partial charge in [-0.15, -0.1) is 68.0 Å². The van der Waals surface area contributed by atoms with E-state index in [1.54, 1.807) is 16.9 Å². The molecule has 6 aromatic heterocycles. The summed E-state index contributed by atoms with van der Waals surface area (Å²) in [6.45, 7) is 16.8. The lowest BCUT2D eigenvalue weighted by Gasteiger charge is -2.29. The van der Waals surface area contributed by atoms with Gasteiger partial charge in [-0.3, -0.25) is 0 Å². The van der Waals surface area contributed by atoms with Crippen LogP contribution in [0.1, 0.15) is 66.0 Å². The lowest BCUT2D eigenvalue weighted by atomic mass is 9.74. The summed E-state index contributed by atoms with van der Waals surface area (Å²) in [6, 6.07) is 14.2. The van der Waals surface area contributed by atoms with Crippen molar-refractivity contribution >= 4 is 91.8 Å². The van der Waals surface area contributed by atoms with E-state index in [1.165, 1.54) is 91.9 Å².